The molecule has 2 heterocycles. The third kappa shape index (κ3) is 5.07. The van der Waals surface area contributed by atoms with Crippen molar-refractivity contribution in [1.82, 2.24) is 19.9 Å². The van der Waals surface area contributed by atoms with Crippen LogP contribution in [0.1, 0.15) is 13.8 Å². The summed E-state index contributed by atoms with van der Waals surface area (Å²) in [5.74, 6) is 0.331. The molecule has 0 aliphatic carbocycles. The SMILES string of the molecule is Br.CC(C)O.Nc1nc(N)c2nc(Br)cnc2n1. The van der Waals surface area contributed by atoms with Crippen LogP contribution in [0.4, 0.5) is 11.8 Å². The van der Waals surface area contributed by atoms with Crippen molar-refractivity contribution in [3.05, 3.63) is 10.8 Å². The fraction of sp³-hybridized carbons (Fsp3) is 0.333. The van der Waals surface area contributed by atoms with Crippen LogP contribution in [0, 0.1) is 0 Å². The lowest BCUT2D eigenvalue weighted by atomic mass is 10.5. The molecule has 0 atom stereocenters. The predicted octanol–water partition coefficient (Wildman–Crippen LogP) is 1.31. The van der Waals surface area contributed by atoms with Gasteiger partial charge in [0.2, 0.25) is 5.95 Å². The first-order chi connectivity index (χ1) is 7.90. The van der Waals surface area contributed by atoms with Gasteiger partial charge in [0.05, 0.1) is 6.20 Å². The lowest BCUT2D eigenvalue weighted by Crippen LogP contribution is -2.02. The van der Waals surface area contributed by atoms with E-state index in [4.69, 9.17) is 16.6 Å². The number of fused-ring (bicyclic) bond motifs is 1. The zero-order valence-electron chi connectivity index (χ0n) is 9.83. The first kappa shape index (κ1) is 16.9. The Morgan fingerprint density at radius 2 is 1.78 bits per heavy atom. The summed E-state index contributed by atoms with van der Waals surface area (Å²) >= 11 is 3.17. The number of hydrogen-bond acceptors (Lipinski definition) is 7. The van der Waals surface area contributed by atoms with Crippen molar-refractivity contribution in [1.29, 1.82) is 0 Å². The summed E-state index contributed by atoms with van der Waals surface area (Å²) < 4.78 is 0.583. The van der Waals surface area contributed by atoms with Crippen LogP contribution in [0.15, 0.2) is 10.8 Å². The summed E-state index contributed by atoms with van der Waals surface area (Å²) in [7, 11) is 0. The van der Waals surface area contributed by atoms with Crippen molar-refractivity contribution in [3.8, 4) is 0 Å². The average molecular weight is 382 g/mol. The lowest BCUT2D eigenvalue weighted by molar-refractivity contribution is 0.216. The molecule has 2 aromatic rings. The van der Waals surface area contributed by atoms with Crippen LogP contribution in [0.5, 0.6) is 0 Å². The van der Waals surface area contributed by atoms with Gasteiger partial charge in [-0.05, 0) is 29.8 Å². The van der Waals surface area contributed by atoms with Crippen molar-refractivity contribution in [3.63, 3.8) is 0 Å². The van der Waals surface area contributed by atoms with E-state index in [1.54, 1.807) is 13.8 Å². The third-order valence-electron chi connectivity index (χ3n) is 1.42. The van der Waals surface area contributed by atoms with Crippen LogP contribution in [-0.4, -0.2) is 31.1 Å². The van der Waals surface area contributed by atoms with Gasteiger partial charge in [-0.3, -0.25) is 0 Å². The topological polar surface area (TPSA) is 124 Å². The highest BCUT2D eigenvalue weighted by atomic mass is 79.9. The van der Waals surface area contributed by atoms with Gasteiger partial charge in [-0.15, -0.1) is 17.0 Å². The third-order valence-corrected chi connectivity index (χ3v) is 1.80. The fourth-order valence-electron chi connectivity index (χ4n) is 0.925. The molecule has 0 fully saturated rings. The van der Waals surface area contributed by atoms with E-state index >= 15 is 0 Å². The summed E-state index contributed by atoms with van der Waals surface area (Å²) in [6.07, 6.45) is 1.36. The zero-order valence-corrected chi connectivity index (χ0v) is 13.1. The van der Waals surface area contributed by atoms with E-state index in [0.717, 1.165) is 0 Å². The van der Waals surface area contributed by atoms with Gasteiger partial charge >= 0.3 is 0 Å². The average Bonchev–Trinajstić information content (AvgIpc) is 2.18. The molecule has 0 aliphatic heterocycles. The van der Waals surface area contributed by atoms with Gasteiger partial charge in [-0.1, -0.05) is 0 Å². The number of nitrogens with two attached hydrogens (primary N) is 2. The van der Waals surface area contributed by atoms with E-state index in [0.29, 0.717) is 15.8 Å². The van der Waals surface area contributed by atoms with Gasteiger partial charge < -0.3 is 16.6 Å². The highest BCUT2D eigenvalue weighted by Gasteiger charge is 2.05. The van der Waals surface area contributed by atoms with Crippen LogP contribution < -0.4 is 11.5 Å². The van der Waals surface area contributed by atoms with Crippen molar-refractivity contribution >= 4 is 55.8 Å². The molecule has 5 N–H and O–H groups in total. The number of aliphatic hydroxyl groups is 1. The minimum Gasteiger partial charge on any atom is -0.394 e. The number of rotatable bonds is 0. The van der Waals surface area contributed by atoms with Crippen LogP contribution in [0.25, 0.3) is 11.2 Å². The summed E-state index contributed by atoms with van der Waals surface area (Å²) in [6.45, 7) is 3.44. The molecule has 2 aromatic heterocycles. The molecule has 9 heteroatoms. The molecule has 0 aliphatic rings. The van der Waals surface area contributed by atoms with E-state index in [9.17, 15) is 0 Å². The number of aliphatic hydroxyl groups excluding tert-OH is 1. The normalized spacial score (nSPS) is 9.61. The molecular formula is C9H14Br2N6O. The molecule has 100 valence electrons. The standard InChI is InChI=1S/C6H5BrN6.C3H8O.BrH/c7-2-1-10-5-3(11-2)4(8)12-6(9)13-5;1-3(2)4;/h1H,(H4,8,9,10,12,13);3-4H,1-2H3;1H. The zero-order chi connectivity index (χ0) is 13.0. The first-order valence-corrected chi connectivity index (χ1v) is 5.58. The van der Waals surface area contributed by atoms with Gasteiger partial charge in [0.25, 0.3) is 0 Å². The first-order valence-electron chi connectivity index (χ1n) is 4.79. The Balaban J connectivity index is 0.000000512. The maximum absolute atomic E-state index is 8.06. The largest absolute Gasteiger partial charge is 0.394 e. The fourth-order valence-corrected chi connectivity index (χ4v) is 1.20. The monoisotopic (exact) mass is 380 g/mol. The lowest BCUT2D eigenvalue weighted by Gasteiger charge is -1.99. The summed E-state index contributed by atoms with van der Waals surface area (Å²) in [4.78, 5) is 15.7. The number of hydrogen-bond donors (Lipinski definition) is 3. The Bertz CT molecular complexity index is 519. The van der Waals surface area contributed by atoms with E-state index < -0.39 is 0 Å². The quantitative estimate of drug-likeness (QED) is 0.628. The van der Waals surface area contributed by atoms with Crippen LogP contribution in [0.3, 0.4) is 0 Å². The Morgan fingerprint density at radius 1 is 1.22 bits per heavy atom. The second kappa shape index (κ2) is 7.39. The number of aromatic nitrogens is 4. The molecule has 7 nitrogen and oxygen atoms in total. The molecule has 0 saturated heterocycles. The Labute approximate surface area is 123 Å². The van der Waals surface area contributed by atoms with Crippen molar-refractivity contribution in [2.45, 2.75) is 20.0 Å². The van der Waals surface area contributed by atoms with E-state index in [-0.39, 0.29) is 34.9 Å². The highest BCUT2D eigenvalue weighted by Crippen LogP contribution is 2.16. The molecule has 0 aromatic carbocycles. The van der Waals surface area contributed by atoms with Crippen molar-refractivity contribution in [2.24, 2.45) is 0 Å². The number of anilines is 2. The molecule has 18 heavy (non-hydrogen) atoms. The van der Waals surface area contributed by atoms with E-state index in [1.165, 1.54) is 6.20 Å². The minimum absolute atomic E-state index is 0. The number of nitrogen functional groups attached to an aromatic ring is 2. The molecule has 0 radical (unpaired) electrons. The van der Waals surface area contributed by atoms with Crippen molar-refractivity contribution < 1.29 is 5.11 Å². The van der Waals surface area contributed by atoms with Gasteiger partial charge in [-0.25, -0.2) is 9.97 Å². The van der Waals surface area contributed by atoms with Gasteiger partial charge in [-0.2, -0.15) is 9.97 Å². The summed E-state index contributed by atoms with van der Waals surface area (Å²) in [5, 5.41) is 8.06. The van der Waals surface area contributed by atoms with Crippen LogP contribution >= 0.6 is 32.9 Å². The Morgan fingerprint density at radius 3 is 2.33 bits per heavy atom. The molecular weight excluding hydrogens is 368 g/mol. The second-order valence-corrected chi connectivity index (χ2v) is 4.24. The number of halogens is 2. The molecule has 2 rings (SSSR count). The molecule has 0 bridgehead atoms. The van der Waals surface area contributed by atoms with Crippen LogP contribution in [-0.2, 0) is 0 Å². The minimum atomic E-state index is -0.167. The highest BCUT2D eigenvalue weighted by molar-refractivity contribution is 9.10. The van der Waals surface area contributed by atoms with Gasteiger partial charge in [0, 0.05) is 6.10 Å². The smallest absolute Gasteiger partial charge is 0.224 e. The molecule has 0 amide bonds. The van der Waals surface area contributed by atoms with Gasteiger partial charge in [0.1, 0.15) is 4.60 Å². The Kier molecular flexibility index (Phi) is 6.96. The summed E-state index contributed by atoms with van der Waals surface area (Å²) in [6, 6.07) is 0. The van der Waals surface area contributed by atoms with Gasteiger partial charge in [0.15, 0.2) is 17.0 Å². The maximum atomic E-state index is 8.06. The van der Waals surface area contributed by atoms with Crippen molar-refractivity contribution in [2.75, 3.05) is 11.5 Å². The maximum Gasteiger partial charge on any atom is 0.224 e. The molecule has 0 spiro atoms. The molecule has 0 unspecified atom stereocenters. The summed E-state index contributed by atoms with van der Waals surface area (Å²) in [5.41, 5.74) is 11.8. The van der Waals surface area contributed by atoms with E-state index in [1.807, 2.05) is 0 Å². The molecule has 0 saturated carbocycles. The Hall–Kier alpha value is -1.06. The van der Waals surface area contributed by atoms with E-state index in [2.05, 4.69) is 35.9 Å². The van der Waals surface area contributed by atoms with Crippen LogP contribution in [0.2, 0.25) is 0 Å². The number of nitrogens with zero attached hydrogens (tertiary/aromatic N) is 4. The second-order valence-electron chi connectivity index (χ2n) is 3.43. The predicted molar refractivity (Wildman–Crippen MR) is 79.3 cm³/mol.